The molecule has 2 N–H and O–H groups in total. The van der Waals surface area contributed by atoms with Crippen molar-refractivity contribution in [2.45, 2.75) is 77.6 Å². The molecule has 0 radical (unpaired) electrons. The van der Waals surface area contributed by atoms with Crippen molar-refractivity contribution in [3.05, 3.63) is 11.6 Å². The summed E-state index contributed by atoms with van der Waals surface area (Å²) in [4.78, 5) is 21.3. The number of aliphatic carboxylic acids is 2. The molecule has 0 aliphatic carbocycles. The van der Waals surface area contributed by atoms with Crippen LogP contribution in [0.25, 0.3) is 0 Å². The van der Waals surface area contributed by atoms with Gasteiger partial charge in [-0.1, -0.05) is 64.7 Å². The summed E-state index contributed by atoms with van der Waals surface area (Å²) in [6, 6.07) is 0. The number of hydrogen-bond acceptors (Lipinski definition) is 2. The summed E-state index contributed by atoms with van der Waals surface area (Å²) in [6.07, 6.45) is 13.0. The monoisotopic (exact) mass is 308 g/mol. The summed E-state index contributed by atoms with van der Waals surface area (Å²) in [7, 11) is 0. The molecule has 0 fully saturated rings. The molecule has 4 nitrogen and oxygen atoms in total. The van der Waals surface area contributed by atoms with Gasteiger partial charge in [0, 0.05) is 11.6 Å². The first kappa shape index (κ1) is 23.0. The van der Waals surface area contributed by atoms with Crippen LogP contribution in [0.3, 0.4) is 0 Å². The molecule has 0 bridgehead atoms. The first-order valence-corrected chi connectivity index (χ1v) is 7.74. The molecule has 0 saturated heterocycles. The molecule has 21 heavy (non-hydrogen) atoms. The van der Waals surface area contributed by atoms with Gasteiger partial charge in [0.15, 0.2) is 0 Å². The second-order valence-electron chi connectivity index (χ2n) is 5.24. The van der Waals surface area contributed by atoms with Crippen LogP contribution in [0.2, 0.25) is 0 Å². The molecule has 0 aromatic rings. The van der Waals surface area contributed by atoms with Crippen molar-refractivity contribution in [3.8, 4) is 0 Å². The molecule has 0 atom stereocenters. The van der Waals surface area contributed by atoms with Crippen LogP contribution in [-0.4, -0.2) is 22.2 Å². The van der Waals surface area contributed by atoms with Gasteiger partial charge in [0.1, 0.15) is 0 Å². The second-order valence-corrected chi connectivity index (χ2v) is 5.24. The maximum atomic E-state index is 10.8. The number of carboxylic acid groups (broad SMARTS) is 2. The van der Waals surface area contributed by atoms with Crippen LogP contribution >= 0.6 is 0 Å². The molecule has 0 rings (SSSR count). The summed E-state index contributed by atoms with van der Waals surface area (Å²) >= 11 is 0. The fraction of sp³-hybridized carbons (Fsp3) is 0.750. The topological polar surface area (TPSA) is 74.6 Å². The fourth-order valence-electron chi connectivity index (χ4n) is 2.19. The van der Waals surface area contributed by atoms with Crippen LogP contribution in [0.15, 0.2) is 11.6 Å². The quantitative estimate of drug-likeness (QED) is 0.307. The van der Waals surface area contributed by atoms with Crippen molar-refractivity contribution in [2.24, 2.45) is 0 Å². The van der Waals surface area contributed by atoms with Gasteiger partial charge in [-0.2, -0.15) is 0 Å². The van der Waals surface area contributed by atoms with E-state index in [2.05, 4.69) is 6.92 Å². The van der Waals surface area contributed by atoms with E-state index >= 15 is 0 Å². The minimum absolute atomic E-state index is 0. The number of carbonyl (C=O) groups is 2. The van der Waals surface area contributed by atoms with E-state index in [1.54, 1.807) is 0 Å². The minimum Gasteiger partial charge on any atom is -1.00 e. The summed E-state index contributed by atoms with van der Waals surface area (Å²) in [5, 5.41) is 17.4. The third-order valence-electron chi connectivity index (χ3n) is 3.37. The van der Waals surface area contributed by atoms with E-state index in [0.29, 0.717) is 6.42 Å². The normalized spacial score (nSPS) is 11.0. The average molecular weight is 308 g/mol. The zero-order valence-corrected chi connectivity index (χ0v) is 15.6. The van der Waals surface area contributed by atoms with E-state index in [0.717, 1.165) is 25.3 Å². The molecule has 0 amide bonds. The molecule has 0 aromatic heterocycles. The summed E-state index contributed by atoms with van der Waals surface area (Å²) < 4.78 is 0. The van der Waals surface area contributed by atoms with E-state index in [-0.39, 0.29) is 36.6 Å². The number of unbranched alkanes of at least 4 members (excludes halogenated alkanes) is 9. The Hall–Kier alpha value is -0.320. The van der Waals surface area contributed by atoms with Crippen molar-refractivity contribution in [2.75, 3.05) is 0 Å². The molecular weight excluding hydrogens is 279 g/mol. The van der Waals surface area contributed by atoms with Crippen LogP contribution in [0, 0.1) is 0 Å². The Morgan fingerprint density at radius 3 is 1.67 bits per heavy atom. The van der Waals surface area contributed by atoms with Crippen molar-refractivity contribution in [1.29, 1.82) is 0 Å². The van der Waals surface area contributed by atoms with Crippen LogP contribution in [0.4, 0.5) is 0 Å². The Morgan fingerprint density at radius 1 is 0.857 bits per heavy atom. The largest absolute Gasteiger partial charge is 1.00 e. The van der Waals surface area contributed by atoms with Crippen LogP contribution in [0.5, 0.6) is 0 Å². The Balaban J connectivity index is -0.00000180. The Labute approximate surface area is 151 Å². The van der Waals surface area contributed by atoms with Gasteiger partial charge in [-0.3, -0.25) is 0 Å². The fourth-order valence-corrected chi connectivity index (χ4v) is 2.19. The van der Waals surface area contributed by atoms with E-state index in [1.807, 2.05) is 0 Å². The van der Waals surface area contributed by atoms with E-state index in [4.69, 9.17) is 10.2 Å². The van der Waals surface area contributed by atoms with Gasteiger partial charge in [0.2, 0.25) is 0 Å². The van der Waals surface area contributed by atoms with E-state index in [9.17, 15) is 9.59 Å². The van der Waals surface area contributed by atoms with Crippen LogP contribution < -0.4 is 29.6 Å². The predicted molar refractivity (Wildman–Crippen MR) is 80.9 cm³/mol. The molecule has 118 valence electrons. The van der Waals surface area contributed by atoms with Crippen molar-refractivity contribution in [3.63, 3.8) is 0 Å². The molecule has 0 spiro atoms. The molecule has 0 saturated carbocycles. The Bertz CT molecular complexity index is 319. The van der Waals surface area contributed by atoms with Crippen LogP contribution in [0.1, 0.15) is 79.0 Å². The van der Waals surface area contributed by atoms with Crippen molar-refractivity contribution in [1.82, 2.24) is 0 Å². The van der Waals surface area contributed by atoms with Gasteiger partial charge in [-0.05, 0) is 12.8 Å². The van der Waals surface area contributed by atoms with Gasteiger partial charge in [-0.15, -0.1) is 0 Å². The molecule has 0 unspecified atom stereocenters. The molecular formula is C16H29NaO4. The maximum absolute atomic E-state index is 10.8. The SMILES string of the molecule is CCCCCCCCCCCCC(=CC(=O)O)C(=O)O.[H-].[Na+]. The summed E-state index contributed by atoms with van der Waals surface area (Å²) in [6.45, 7) is 2.21. The van der Waals surface area contributed by atoms with Crippen LogP contribution in [-0.2, 0) is 9.59 Å². The predicted octanol–water partition coefficient (Wildman–Crippen LogP) is 1.51. The van der Waals surface area contributed by atoms with Gasteiger partial charge in [-0.25, -0.2) is 9.59 Å². The number of carboxylic acids is 2. The van der Waals surface area contributed by atoms with Crippen molar-refractivity contribution < 1.29 is 50.8 Å². The van der Waals surface area contributed by atoms with Gasteiger partial charge < -0.3 is 11.6 Å². The zero-order chi connectivity index (χ0) is 15.2. The summed E-state index contributed by atoms with van der Waals surface area (Å²) in [5.74, 6) is -2.31. The maximum Gasteiger partial charge on any atom is 1.00 e. The Morgan fingerprint density at radius 2 is 1.29 bits per heavy atom. The third-order valence-corrected chi connectivity index (χ3v) is 3.37. The van der Waals surface area contributed by atoms with E-state index < -0.39 is 11.9 Å². The standard InChI is InChI=1S/C16H28O4.Na.H/c1-2-3-4-5-6-7-8-9-10-11-12-14(16(19)20)13-15(17)18;;/h13H,2-12H2,1H3,(H,17,18)(H,19,20);;/q;+1;-1. The molecule has 0 aliphatic heterocycles. The van der Waals surface area contributed by atoms with E-state index in [1.165, 1.54) is 44.9 Å². The number of rotatable bonds is 13. The van der Waals surface area contributed by atoms with Gasteiger partial charge in [0.05, 0.1) is 0 Å². The molecule has 0 aromatic carbocycles. The first-order chi connectivity index (χ1) is 9.57. The molecule has 0 aliphatic rings. The number of hydrogen-bond donors (Lipinski definition) is 2. The van der Waals surface area contributed by atoms with Gasteiger partial charge >= 0.3 is 41.5 Å². The second kappa shape index (κ2) is 16.1. The minimum atomic E-state index is -1.19. The molecule has 5 heteroatoms. The van der Waals surface area contributed by atoms with Crippen molar-refractivity contribution >= 4 is 11.9 Å². The zero-order valence-electron chi connectivity index (χ0n) is 14.6. The smallest absolute Gasteiger partial charge is 1.00 e. The molecule has 0 heterocycles. The first-order valence-electron chi connectivity index (χ1n) is 7.74. The summed E-state index contributed by atoms with van der Waals surface area (Å²) in [5.41, 5.74) is -0.00272. The Kier molecular flexibility index (Phi) is 17.6. The third kappa shape index (κ3) is 15.9. The average Bonchev–Trinajstić information content (AvgIpc) is 2.39. The van der Waals surface area contributed by atoms with Gasteiger partial charge in [0.25, 0.3) is 0 Å².